The number of rotatable bonds is 3. The normalized spacial score (nSPS) is 24.1. The number of pyridine rings is 1. The standard InChI is InChI=1S/C25H26Cl2N8OS/c26-18-14(1-5-29-23(18)35-6-2-13(36)12-35)19-20-15(10-30-19)32-17(11-31-20)34-7-3-25(4-8-34)9-16-21(22(25)28)33-24(27)37-16/h1,5,11,13,22,36H,2-4,6-10,12,28H2/t13?,22-/m1/s1. The van der Waals surface area contributed by atoms with Crippen molar-refractivity contribution in [3.05, 3.63) is 55.5 Å². The van der Waals surface area contributed by atoms with E-state index in [4.69, 9.17) is 43.9 Å². The monoisotopic (exact) mass is 556 g/mol. The van der Waals surface area contributed by atoms with E-state index in [9.17, 15) is 5.11 Å². The predicted molar refractivity (Wildman–Crippen MR) is 145 cm³/mol. The maximum absolute atomic E-state index is 9.94. The van der Waals surface area contributed by atoms with Crippen LogP contribution in [-0.2, 0) is 13.0 Å². The quantitative estimate of drug-likeness (QED) is 0.504. The van der Waals surface area contributed by atoms with Gasteiger partial charge in [-0.2, -0.15) is 0 Å². The Morgan fingerprint density at radius 3 is 2.70 bits per heavy atom. The molecule has 2 atom stereocenters. The number of nitrogens with zero attached hydrogens (tertiary/aromatic N) is 7. The summed E-state index contributed by atoms with van der Waals surface area (Å²) in [6, 6.07) is 1.81. The number of nitrogens with two attached hydrogens (primary N) is 1. The summed E-state index contributed by atoms with van der Waals surface area (Å²) in [7, 11) is 0. The summed E-state index contributed by atoms with van der Waals surface area (Å²) < 4.78 is 0.585. The number of aromatic nitrogens is 4. The van der Waals surface area contributed by atoms with Crippen LogP contribution in [-0.4, -0.2) is 63.0 Å². The van der Waals surface area contributed by atoms with E-state index in [0.717, 1.165) is 73.1 Å². The van der Waals surface area contributed by atoms with Crippen molar-refractivity contribution < 1.29 is 5.11 Å². The van der Waals surface area contributed by atoms with Crippen LogP contribution < -0.4 is 15.5 Å². The molecular formula is C25H26Cl2N8OS. The third-order valence-corrected chi connectivity index (χ3v) is 9.83. The summed E-state index contributed by atoms with van der Waals surface area (Å²) in [5.74, 6) is 1.55. The fraction of sp³-hybridized carbons (Fsp3) is 0.480. The Hall–Kier alpha value is -2.37. The van der Waals surface area contributed by atoms with Crippen molar-refractivity contribution in [2.75, 3.05) is 36.0 Å². The lowest BCUT2D eigenvalue weighted by Gasteiger charge is -2.42. The average molecular weight is 558 g/mol. The molecule has 7 rings (SSSR count). The fourth-order valence-electron chi connectivity index (χ4n) is 6.18. The summed E-state index contributed by atoms with van der Waals surface area (Å²) in [6.07, 6.45) is 6.86. The molecule has 1 unspecified atom stereocenters. The highest BCUT2D eigenvalue weighted by atomic mass is 35.5. The van der Waals surface area contributed by atoms with Crippen LogP contribution in [0.15, 0.2) is 23.5 Å². The number of thiazole rings is 1. The topological polar surface area (TPSA) is 117 Å². The molecule has 0 radical (unpaired) electrons. The first kappa shape index (κ1) is 23.7. The van der Waals surface area contributed by atoms with E-state index in [1.165, 1.54) is 4.88 Å². The van der Waals surface area contributed by atoms with Crippen LogP contribution in [0.3, 0.4) is 0 Å². The number of hydrogen-bond donors (Lipinski definition) is 2. The summed E-state index contributed by atoms with van der Waals surface area (Å²) in [5.41, 5.74) is 10.9. The lowest BCUT2D eigenvalue weighted by atomic mass is 9.73. The Morgan fingerprint density at radius 2 is 1.95 bits per heavy atom. The highest BCUT2D eigenvalue weighted by molar-refractivity contribution is 7.15. The zero-order chi connectivity index (χ0) is 25.3. The molecule has 0 amide bonds. The SMILES string of the molecule is N[C@@H]1c2nc(Cl)sc2CC12CCN(c1cnc3c(n1)CN=C3c1ccnc(N3CCC(O)C3)c1Cl)CC2. The number of aliphatic hydroxyl groups is 1. The average Bonchev–Trinajstić information content (AvgIpc) is 3.65. The second-order valence-electron chi connectivity index (χ2n) is 10.4. The molecule has 3 N–H and O–H groups in total. The van der Waals surface area contributed by atoms with Crippen LogP contribution in [0.25, 0.3) is 0 Å². The summed E-state index contributed by atoms with van der Waals surface area (Å²) >= 11 is 14.5. The minimum atomic E-state index is -0.354. The number of hydrogen-bond acceptors (Lipinski definition) is 10. The number of β-amino-alcohol motifs (C(OH)–C–C–N with tert-alkyl or cyclic N) is 1. The number of fused-ring (bicyclic) bond motifs is 2. The van der Waals surface area contributed by atoms with E-state index in [1.54, 1.807) is 17.5 Å². The van der Waals surface area contributed by atoms with E-state index >= 15 is 0 Å². The highest BCUT2D eigenvalue weighted by Gasteiger charge is 2.48. The van der Waals surface area contributed by atoms with Crippen molar-refractivity contribution in [1.82, 2.24) is 19.9 Å². The third kappa shape index (κ3) is 3.84. The Kier molecular flexibility index (Phi) is 5.67. The van der Waals surface area contributed by atoms with Gasteiger partial charge in [0, 0.05) is 42.8 Å². The molecule has 3 aromatic heterocycles. The lowest BCUT2D eigenvalue weighted by Crippen LogP contribution is -2.44. The molecule has 12 heteroatoms. The molecule has 2 saturated heterocycles. The van der Waals surface area contributed by atoms with E-state index in [2.05, 4.69) is 14.9 Å². The van der Waals surface area contributed by atoms with Gasteiger partial charge >= 0.3 is 0 Å². The molecule has 0 saturated carbocycles. The van der Waals surface area contributed by atoms with Crippen molar-refractivity contribution in [2.45, 2.75) is 44.4 Å². The predicted octanol–water partition coefficient (Wildman–Crippen LogP) is 3.40. The molecule has 1 aliphatic carbocycles. The van der Waals surface area contributed by atoms with Crippen molar-refractivity contribution in [2.24, 2.45) is 16.1 Å². The van der Waals surface area contributed by atoms with Crippen molar-refractivity contribution in [3.8, 4) is 0 Å². The van der Waals surface area contributed by atoms with Crippen LogP contribution in [0.2, 0.25) is 9.49 Å². The molecule has 3 aliphatic heterocycles. The lowest BCUT2D eigenvalue weighted by molar-refractivity contribution is 0.186. The molecule has 2 fully saturated rings. The molecule has 9 nitrogen and oxygen atoms in total. The van der Waals surface area contributed by atoms with Crippen molar-refractivity contribution in [1.29, 1.82) is 0 Å². The molecule has 0 bridgehead atoms. The van der Waals surface area contributed by atoms with Crippen LogP contribution in [0.1, 0.15) is 52.8 Å². The fourth-order valence-corrected chi connectivity index (χ4v) is 7.86. The van der Waals surface area contributed by atoms with Crippen LogP contribution in [0.5, 0.6) is 0 Å². The van der Waals surface area contributed by atoms with E-state index in [1.807, 2.05) is 17.2 Å². The maximum atomic E-state index is 9.94. The second-order valence-corrected chi connectivity index (χ2v) is 12.4. The third-order valence-electron chi connectivity index (χ3n) is 8.28. The Balaban J connectivity index is 1.08. The highest BCUT2D eigenvalue weighted by Crippen LogP contribution is 2.52. The second kappa shape index (κ2) is 8.84. The molecule has 192 valence electrons. The summed E-state index contributed by atoms with van der Waals surface area (Å²) in [5, 5.41) is 10.5. The molecule has 3 aromatic rings. The largest absolute Gasteiger partial charge is 0.391 e. The van der Waals surface area contributed by atoms with Crippen LogP contribution in [0, 0.1) is 5.41 Å². The first-order valence-corrected chi connectivity index (χ1v) is 14.1. The summed E-state index contributed by atoms with van der Waals surface area (Å²) in [4.78, 5) is 29.0. The smallest absolute Gasteiger partial charge is 0.184 e. The molecular weight excluding hydrogens is 531 g/mol. The number of anilines is 2. The first-order chi connectivity index (χ1) is 17.9. The van der Waals surface area contributed by atoms with E-state index in [-0.39, 0.29) is 17.6 Å². The van der Waals surface area contributed by atoms with Gasteiger partial charge in [-0.15, -0.1) is 11.3 Å². The van der Waals surface area contributed by atoms with Gasteiger partial charge in [0.2, 0.25) is 0 Å². The Morgan fingerprint density at radius 1 is 1.11 bits per heavy atom. The minimum Gasteiger partial charge on any atom is -0.391 e. The van der Waals surface area contributed by atoms with Gasteiger partial charge in [0.15, 0.2) is 4.47 Å². The van der Waals surface area contributed by atoms with Gasteiger partial charge in [0.05, 0.1) is 47.0 Å². The van der Waals surface area contributed by atoms with Crippen LogP contribution in [0.4, 0.5) is 11.6 Å². The molecule has 0 aromatic carbocycles. The molecule has 6 heterocycles. The van der Waals surface area contributed by atoms with Crippen LogP contribution >= 0.6 is 34.5 Å². The van der Waals surface area contributed by atoms with Crippen molar-refractivity contribution in [3.63, 3.8) is 0 Å². The van der Waals surface area contributed by atoms with Gasteiger partial charge in [0.25, 0.3) is 0 Å². The van der Waals surface area contributed by atoms with Gasteiger partial charge in [-0.3, -0.25) is 4.99 Å². The number of halogens is 2. The summed E-state index contributed by atoms with van der Waals surface area (Å²) in [6.45, 7) is 3.47. The van der Waals surface area contributed by atoms with Crippen molar-refractivity contribution >= 4 is 51.9 Å². The van der Waals surface area contributed by atoms with E-state index < -0.39 is 0 Å². The van der Waals surface area contributed by atoms with Gasteiger partial charge < -0.3 is 20.6 Å². The molecule has 1 spiro atoms. The van der Waals surface area contributed by atoms with E-state index in [0.29, 0.717) is 34.8 Å². The minimum absolute atomic E-state index is 0.0525. The zero-order valence-electron chi connectivity index (χ0n) is 20.1. The number of piperidine rings is 1. The zero-order valence-corrected chi connectivity index (χ0v) is 22.4. The molecule has 37 heavy (non-hydrogen) atoms. The number of aliphatic imine (C=N–C) groups is 1. The van der Waals surface area contributed by atoms with Gasteiger partial charge in [0.1, 0.15) is 17.3 Å². The van der Waals surface area contributed by atoms with Gasteiger partial charge in [-0.05, 0) is 37.2 Å². The number of aliphatic hydroxyl groups excluding tert-OH is 1. The Bertz CT molecular complexity index is 1420. The molecule has 4 aliphatic rings. The van der Waals surface area contributed by atoms with Gasteiger partial charge in [-0.1, -0.05) is 23.2 Å². The maximum Gasteiger partial charge on any atom is 0.184 e. The Labute approximate surface area is 228 Å². The first-order valence-electron chi connectivity index (χ1n) is 12.6. The van der Waals surface area contributed by atoms with Gasteiger partial charge in [-0.25, -0.2) is 19.9 Å².